The van der Waals surface area contributed by atoms with Crippen molar-refractivity contribution in [3.05, 3.63) is 100 Å². The van der Waals surface area contributed by atoms with E-state index < -0.39 is 0 Å². The number of hydrogen-bond acceptors (Lipinski definition) is 3. The molecule has 4 rings (SSSR count). The molecular weight excluding hydrogens is 446 g/mol. The molecule has 4 aromatic rings. The Morgan fingerprint density at radius 3 is 2.53 bits per heavy atom. The van der Waals surface area contributed by atoms with E-state index in [1.165, 1.54) is 0 Å². The van der Waals surface area contributed by atoms with Crippen molar-refractivity contribution in [3.8, 4) is 5.75 Å². The molecular formula is C28H28ClN3O2. The summed E-state index contributed by atoms with van der Waals surface area (Å²) in [5.74, 6) is 1.49. The van der Waals surface area contributed by atoms with Gasteiger partial charge in [-0.25, -0.2) is 4.98 Å². The van der Waals surface area contributed by atoms with Gasteiger partial charge in [0.15, 0.2) is 0 Å². The molecule has 1 heterocycles. The van der Waals surface area contributed by atoms with E-state index in [4.69, 9.17) is 21.3 Å². The van der Waals surface area contributed by atoms with Crippen molar-refractivity contribution in [3.63, 3.8) is 0 Å². The lowest BCUT2D eigenvalue weighted by molar-refractivity contribution is -0.116. The Bertz CT molecular complexity index is 1290. The van der Waals surface area contributed by atoms with Crippen molar-refractivity contribution < 1.29 is 9.53 Å². The van der Waals surface area contributed by atoms with Crippen LogP contribution in [0.25, 0.3) is 17.1 Å². The van der Waals surface area contributed by atoms with Crippen LogP contribution in [0.4, 0.5) is 0 Å². The predicted molar refractivity (Wildman–Crippen MR) is 138 cm³/mol. The summed E-state index contributed by atoms with van der Waals surface area (Å²) in [5, 5.41) is 3.73. The zero-order valence-electron chi connectivity index (χ0n) is 19.4. The summed E-state index contributed by atoms with van der Waals surface area (Å²) < 4.78 is 8.12. The molecule has 0 saturated carbocycles. The number of carbonyl (C=O) groups is 1. The van der Waals surface area contributed by atoms with Crippen LogP contribution >= 0.6 is 11.6 Å². The van der Waals surface area contributed by atoms with Gasteiger partial charge in [-0.2, -0.15) is 0 Å². The van der Waals surface area contributed by atoms with Crippen LogP contribution in [0.1, 0.15) is 28.9 Å². The Hall–Kier alpha value is -3.57. The zero-order chi connectivity index (χ0) is 23.9. The minimum Gasteiger partial charge on any atom is -0.494 e. The van der Waals surface area contributed by atoms with Crippen LogP contribution in [0.3, 0.4) is 0 Å². The number of carbonyl (C=O) groups excluding carboxylic acids is 1. The van der Waals surface area contributed by atoms with Crippen LogP contribution in [0.2, 0.25) is 5.02 Å². The molecule has 0 atom stereocenters. The van der Waals surface area contributed by atoms with Crippen molar-refractivity contribution in [2.75, 3.05) is 6.61 Å². The SMILES string of the molecule is Cc1cc(OCCCn2c(CNC(=O)/C=C\c3ccccc3)nc3ccccc32)cc(C)c1Cl. The Balaban J connectivity index is 1.39. The topological polar surface area (TPSA) is 56.1 Å². The lowest BCUT2D eigenvalue weighted by Gasteiger charge is -2.12. The average Bonchev–Trinajstić information content (AvgIpc) is 3.20. The molecule has 0 unspecified atom stereocenters. The summed E-state index contributed by atoms with van der Waals surface area (Å²) in [6, 6.07) is 21.7. The van der Waals surface area contributed by atoms with Gasteiger partial charge in [0, 0.05) is 17.6 Å². The summed E-state index contributed by atoms with van der Waals surface area (Å²) >= 11 is 6.25. The van der Waals surface area contributed by atoms with Gasteiger partial charge in [0.2, 0.25) is 5.91 Å². The maximum Gasteiger partial charge on any atom is 0.244 e. The highest BCUT2D eigenvalue weighted by molar-refractivity contribution is 6.32. The summed E-state index contributed by atoms with van der Waals surface area (Å²) in [4.78, 5) is 17.1. The molecule has 0 bridgehead atoms. The monoisotopic (exact) mass is 473 g/mol. The highest BCUT2D eigenvalue weighted by atomic mass is 35.5. The lowest BCUT2D eigenvalue weighted by atomic mass is 10.1. The molecule has 0 aliphatic heterocycles. The summed E-state index contributed by atoms with van der Waals surface area (Å²) in [7, 11) is 0. The first-order valence-corrected chi connectivity index (χ1v) is 11.7. The Morgan fingerprint density at radius 2 is 1.76 bits per heavy atom. The zero-order valence-corrected chi connectivity index (χ0v) is 20.2. The van der Waals surface area contributed by atoms with Crippen LogP contribution in [-0.2, 0) is 17.9 Å². The molecule has 0 aliphatic carbocycles. The smallest absolute Gasteiger partial charge is 0.244 e. The molecule has 3 aromatic carbocycles. The summed E-state index contributed by atoms with van der Waals surface area (Å²) in [6.45, 7) is 5.61. The summed E-state index contributed by atoms with van der Waals surface area (Å²) in [6.07, 6.45) is 4.15. The second-order valence-corrected chi connectivity index (χ2v) is 8.58. The van der Waals surface area contributed by atoms with E-state index in [0.29, 0.717) is 13.2 Å². The molecule has 174 valence electrons. The van der Waals surface area contributed by atoms with E-state index in [0.717, 1.165) is 57.3 Å². The molecule has 1 amide bonds. The van der Waals surface area contributed by atoms with Gasteiger partial charge in [-0.1, -0.05) is 54.1 Å². The van der Waals surface area contributed by atoms with Crippen molar-refractivity contribution >= 4 is 34.6 Å². The van der Waals surface area contributed by atoms with Crippen molar-refractivity contribution in [1.82, 2.24) is 14.9 Å². The van der Waals surface area contributed by atoms with Gasteiger partial charge < -0.3 is 14.6 Å². The molecule has 5 nitrogen and oxygen atoms in total. The van der Waals surface area contributed by atoms with E-state index in [9.17, 15) is 4.79 Å². The van der Waals surface area contributed by atoms with Crippen LogP contribution in [0.5, 0.6) is 5.75 Å². The number of benzene rings is 3. The number of para-hydroxylation sites is 2. The standard InChI is InChI=1S/C28H28ClN3O2/c1-20-17-23(18-21(2)28(20)29)34-16-8-15-32-25-12-7-6-11-24(25)31-26(32)19-30-27(33)14-13-22-9-4-3-5-10-22/h3-7,9-14,17-18H,8,15-16,19H2,1-2H3,(H,30,33)/b14-13-. The van der Waals surface area contributed by atoms with Gasteiger partial charge in [0.25, 0.3) is 0 Å². The molecule has 6 heteroatoms. The van der Waals surface area contributed by atoms with E-state index in [-0.39, 0.29) is 5.91 Å². The Morgan fingerprint density at radius 1 is 1.06 bits per heavy atom. The summed E-state index contributed by atoms with van der Waals surface area (Å²) in [5.41, 5.74) is 4.96. The number of ether oxygens (including phenoxy) is 1. The normalized spacial score (nSPS) is 11.3. The van der Waals surface area contributed by atoms with E-state index in [2.05, 4.69) is 16.0 Å². The van der Waals surface area contributed by atoms with Gasteiger partial charge in [-0.3, -0.25) is 4.79 Å². The fourth-order valence-corrected chi connectivity index (χ4v) is 3.98. The number of nitrogens with zero attached hydrogens (tertiary/aromatic N) is 2. The van der Waals surface area contributed by atoms with Crippen LogP contribution < -0.4 is 10.1 Å². The molecule has 1 N–H and O–H groups in total. The van der Waals surface area contributed by atoms with Crippen LogP contribution in [-0.4, -0.2) is 22.1 Å². The van der Waals surface area contributed by atoms with Gasteiger partial charge in [-0.05, 0) is 67.3 Å². The van der Waals surface area contributed by atoms with Crippen LogP contribution in [0, 0.1) is 13.8 Å². The van der Waals surface area contributed by atoms with Crippen molar-refractivity contribution in [2.24, 2.45) is 0 Å². The van der Waals surface area contributed by atoms with E-state index in [1.807, 2.05) is 74.5 Å². The maximum atomic E-state index is 12.3. The van der Waals surface area contributed by atoms with E-state index >= 15 is 0 Å². The largest absolute Gasteiger partial charge is 0.494 e. The van der Waals surface area contributed by atoms with Gasteiger partial charge in [-0.15, -0.1) is 0 Å². The predicted octanol–water partition coefficient (Wildman–Crippen LogP) is 6.11. The molecule has 0 spiro atoms. The third-order valence-electron chi connectivity index (χ3n) is 5.59. The first kappa shape index (κ1) is 23.6. The number of amides is 1. The quantitative estimate of drug-likeness (QED) is 0.236. The number of hydrogen-bond donors (Lipinski definition) is 1. The highest BCUT2D eigenvalue weighted by Crippen LogP contribution is 2.26. The first-order valence-electron chi connectivity index (χ1n) is 11.4. The van der Waals surface area contributed by atoms with Gasteiger partial charge >= 0.3 is 0 Å². The molecule has 0 saturated heterocycles. The third-order valence-corrected chi connectivity index (χ3v) is 6.18. The average molecular weight is 474 g/mol. The second kappa shape index (κ2) is 11.0. The molecule has 1 aromatic heterocycles. The maximum absolute atomic E-state index is 12.3. The molecule has 0 fully saturated rings. The third kappa shape index (κ3) is 5.86. The van der Waals surface area contributed by atoms with Gasteiger partial charge in [0.05, 0.1) is 24.2 Å². The number of fused-ring (bicyclic) bond motifs is 1. The van der Waals surface area contributed by atoms with Crippen molar-refractivity contribution in [2.45, 2.75) is 33.4 Å². The minimum atomic E-state index is -0.153. The Labute approximate surface area is 205 Å². The highest BCUT2D eigenvalue weighted by Gasteiger charge is 2.11. The molecule has 0 aliphatic rings. The fraction of sp³-hybridized carbons (Fsp3) is 0.214. The number of rotatable bonds is 9. The first-order chi connectivity index (χ1) is 16.5. The number of imidazole rings is 1. The molecule has 34 heavy (non-hydrogen) atoms. The minimum absolute atomic E-state index is 0.153. The number of halogens is 1. The Kier molecular flexibility index (Phi) is 7.65. The van der Waals surface area contributed by atoms with Crippen LogP contribution in [0.15, 0.2) is 72.8 Å². The fourth-order valence-electron chi connectivity index (χ4n) is 3.87. The number of aromatic nitrogens is 2. The van der Waals surface area contributed by atoms with Crippen molar-refractivity contribution in [1.29, 1.82) is 0 Å². The molecule has 0 radical (unpaired) electrons. The van der Waals surface area contributed by atoms with E-state index in [1.54, 1.807) is 12.2 Å². The number of nitrogens with one attached hydrogen (secondary N) is 1. The lowest BCUT2D eigenvalue weighted by Crippen LogP contribution is -2.23. The second-order valence-electron chi connectivity index (χ2n) is 8.20. The van der Waals surface area contributed by atoms with Gasteiger partial charge in [0.1, 0.15) is 11.6 Å². The number of aryl methyl sites for hydroxylation is 3.